The van der Waals surface area contributed by atoms with Crippen molar-refractivity contribution in [3.63, 3.8) is 0 Å². The summed E-state index contributed by atoms with van der Waals surface area (Å²) in [5.41, 5.74) is 7.72. The number of amides is 1. The molecule has 1 aliphatic rings. The molecule has 0 aromatic heterocycles. The van der Waals surface area contributed by atoms with Crippen LogP contribution in [-0.4, -0.2) is 24.8 Å². The number of hydrogen-bond donors (Lipinski definition) is 1. The van der Waals surface area contributed by atoms with Crippen LogP contribution in [0.5, 0.6) is 11.5 Å². The maximum Gasteiger partial charge on any atom is 0.244 e. The van der Waals surface area contributed by atoms with Crippen LogP contribution in [0.3, 0.4) is 0 Å². The van der Waals surface area contributed by atoms with Gasteiger partial charge in [0.25, 0.3) is 0 Å². The summed E-state index contributed by atoms with van der Waals surface area (Å²) in [6.45, 7) is 7.18. The van der Waals surface area contributed by atoms with Crippen molar-refractivity contribution in [3.05, 3.63) is 58.7 Å². The Hall–Kier alpha value is -2.82. The van der Waals surface area contributed by atoms with Crippen molar-refractivity contribution < 1.29 is 14.3 Å². The van der Waals surface area contributed by atoms with Crippen LogP contribution in [-0.2, 0) is 11.2 Å². The normalized spacial score (nSPS) is 13.4. The average molecular weight is 352 g/mol. The second kappa shape index (κ2) is 8.04. The Morgan fingerprint density at radius 2 is 1.85 bits per heavy atom. The van der Waals surface area contributed by atoms with E-state index >= 15 is 0 Å². The fourth-order valence-electron chi connectivity index (χ4n) is 2.96. The van der Waals surface area contributed by atoms with Crippen LogP contribution in [0.4, 0.5) is 0 Å². The first-order chi connectivity index (χ1) is 12.6. The minimum absolute atomic E-state index is 0.125. The van der Waals surface area contributed by atoms with Gasteiger partial charge in [-0.2, -0.15) is 5.10 Å². The lowest BCUT2D eigenvalue weighted by atomic mass is 10.0. The van der Waals surface area contributed by atoms with Crippen LogP contribution < -0.4 is 14.9 Å². The first-order valence-corrected chi connectivity index (χ1v) is 8.88. The van der Waals surface area contributed by atoms with Gasteiger partial charge in [0, 0.05) is 5.56 Å². The summed E-state index contributed by atoms with van der Waals surface area (Å²) in [7, 11) is 0. The predicted molar refractivity (Wildman–Crippen MR) is 102 cm³/mol. The van der Waals surface area contributed by atoms with E-state index in [9.17, 15) is 4.79 Å². The number of benzene rings is 2. The Kier molecular flexibility index (Phi) is 5.56. The summed E-state index contributed by atoms with van der Waals surface area (Å²) in [4.78, 5) is 12.3. The van der Waals surface area contributed by atoms with E-state index in [1.807, 2.05) is 51.1 Å². The van der Waals surface area contributed by atoms with Crippen molar-refractivity contribution in [2.24, 2.45) is 5.10 Å². The zero-order chi connectivity index (χ0) is 18.5. The van der Waals surface area contributed by atoms with Crippen molar-refractivity contribution in [2.45, 2.75) is 33.6 Å². The Morgan fingerprint density at radius 3 is 2.58 bits per heavy atom. The SMILES string of the molecule is CC/C(=N/NC(=O)Cc1ccc(C)cc1C)c1ccc2c(c1)OCCO2. The fraction of sp³-hybridized carbons (Fsp3) is 0.333. The standard InChI is InChI=1S/C21H24N2O3/c1-4-18(17-7-8-19-20(12-17)26-10-9-25-19)22-23-21(24)13-16-6-5-14(2)11-15(16)3/h5-8,11-12H,4,9-10,13H2,1-3H3,(H,23,24)/b22-18-. The van der Waals surface area contributed by atoms with E-state index in [1.165, 1.54) is 5.56 Å². The predicted octanol–water partition coefficient (Wildman–Crippen LogP) is 3.55. The van der Waals surface area contributed by atoms with Crippen LogP contribution in [0.25, 0.3) is 0 Å². The number of carbonyl (C=O) groups excluding carboxylic acids is 1. The number of nitrogens with one attached hydrogen (secondary N) is 1. The van der Waals surface area contributed by atoms with Crippen molar-refractivity contribution in [3.8, 4) is 11.5 Å². The molecule has 5 nitrogen and oxygen atoms in total. The summed E-state index contributed by atoms with van der Waals surface area (Å²) in [5, 5.41) is 4.33. The molecule has 0 bridgehead atoms. The number of carbonyl (C=O) groups is 1. The smallest absolute Gasteiger partial charge is 0.244 e. The van der Waals surface area contributed by atoms with Gasteiger partial charge >= 0.3 is 0 Å². The molecule has 26 heavy (non-hydrogen) atoms. The molecule has 0 radical (unpaired) electrons. The van der Waals surface area contributed by atoms with E-state index in [1.54, 1.807) is 0 Å². The number of fused-ring (bicyclic) bond motifs is 1. The van der Waals surface area contributed by atoms with E-state index in [2.05, 4.69) is 16.6 Å². The van der Waals surface area contributed by atoms with E-state index in [0.29, 0.717) is 26.1 Å². The highest BCUT2D eigenvalue weighted by atomic mass is 16.6. The molecule has 0 saturated carbocycles. The first kappa shape index (κ1) is 18.0. The van der Waals surface area contributed by atoms with Crippen LogP contribution in [0.1, 0.15) is 35.6 Å². The van der Waals surface area contributed by atoms with E-state index in [-0.39, 0.29) is 5.91 Å². The van der Waals surface area contributed by atoms with Gasteiger partial charge in [0.1, 0.15) is 13.2 Å². The number of hydrogen-bond acceptors (Lipinski definition) is 4. The highest BCUT2D eigenvalue weighted by molar-refractivity contribution is 6.01. The molecule has 1 heterocycles. The van der Waals surface area contributed by atoms with Gasteiger partial charge in [-0.05, 0) is 49.6 Å². The largest absolute Gasteiger partial charge is 0.486 e. The molecule has 2 aromatic carbocycles. The lowest BCUT2D eigenvalue weighted by Crippen LogP contribution is -2.22. The van der Waals surface area contributed by atoms with Gasteiger partial charge in [-0.15, -0.1) is 0 Å². The second-order valence-corrected chi connectivity index (χ2v) is 6.41. The molecule has 0 fully saturated rings. The second-order valence-electron chi connectivity index (χ2n) is 6.41. The number of aryl methyl sites for hydroxylation is 2. The Labute approximate surface area is 154 Å². The average Bonchev–Trinajstić information content (AvgIpc) is 2.64. The van der Waals surface area contributed by atoms with Crippen molar-refractivity contribution in [1.29, 1.82) is 0 Å². The molecule has 136 valence electrons. The summed E-state index contributed by atoms with van der Waals surface area (Å²) in [6.07, 6.45) is 1.01. The third-order valence-corrected chi connectivity index (χ3v) is 4.37. The Balaban J connectivity index is 1.70. The topological polar surface area (TPSA) is 59.9 Å². The maximum absolute atomic E-state index is 12.3. The lowest BCUT2D eigenvalue weighted by molar-refractivity contribution is -0.120. The minimum Gasteiger partial charge on any atom is -0.486 e. The number of hydrazone groups is 1. The molecule has 3 rings (SSSR count). The molecule has 1 amide bonds. The van der Waals surface area contributed by atoms with Crippen LogP contribution in [0.2, 0.25) is 0 Å². The molecule has 2 aromatic rings. The lowest BCUT2D eigenvalue weighted by Gasteiger charge is -2.19. The fourth-order valence-corrected chi connectivity index (χ4v) is 2.96. The van der Waals surface area contributed by atoms with Crippen LogP contribution in [0, 0.1) is 13.8 Å². The highest BCUT2D eigenvalue weighted by Crippen LogP contribution is 2.31. The Bertz CT molecular complexity index is 843. The van der Waals surface area contributed by atoms with Crippen molar-refractivity contribution in [1.82, 2.24) is 5.43 Å². The van der Waals surface area contributed by atoms with Crippen LogP contribution >= 0.6 is 0 Å². The van der Waals surface area contributed by atoms with Gasteiger partial charge in [0.05, 0.1) is 12.1 Å². The van der Waals surface area contributed by atoms with Gasteiger partial charge < -0.3 is 9.47 Å². The van der Waals surface area contributed by atoms with Gasteiger partial charge in [-0.1, -0.05) is 30.7 Å². The quantitative estimate of drug-likeness (QED) is 0.661. The summed E-state index contributed by atoms with van der Waals surface area (Å²) >= 11 is 0. The van der Waals surface area contributed by atoms with E-state index < -0.39 is 0 Å². The number of rotatable bonds is 5. The number of ether oxygens (including phenoxy) is 2. The van der Waals surface area contributed by atoms with Gasteiger partial charge in [0.15, 0.2) is 11.5 Å². The maximum atomic E-state index is 12.3. The molecule has 0 spiro atoms. The molecular weight excluding hydrogens is 328 g/mol. The van der Waals surface area contributed by atoms with Gasteiger partial charge in [-0.25, -0.2) is 5.43 Å². The third-order valence-electron chi connectivity index (χ3n) is 4.37. The molecular formula is C21H24N2O3. The third kappa shape index (κ3) is 4.23. The number of nitrogens with zero attached hydrogens (tertiary/aromatic N) is 1. The monoisotopic (exact) mass is 352 g/mol. The molecule has 1 aliphatic heterocycles. The molecule has 0 unspecified atom stereocenters. The van der Waals surface area contributed by atoms with E-state index in [0.717, 1.165) is 33.9 Å². The molecule has 0 saturated heterocycles. The van der Waals surface area contributed by atoms with Crippen LogP contribution in [0.15, 0.2) is 41.5 Å². The summed E-state index contributed by atoms with van der Waals surface area (Å²) in [6, 6.07) is 11.8. The van der Waals surface area contributed by atoms with Gasteiger partial charge in [0.2, 0.25) is 5.91 Å². The van der Waals surface area contributed by atoms with Crippen molar-refractivity contribution >= 4 is 11.6 Å². The van der Waals surface area contributed by atoms with Crippen molar-refractivity contribution in [2.75, 3.05) is 13.2 Å². The zero-order valence-corrected chi connectivity index (χ0v) is 15.5. The molecule has 1 N–H and O–H groups in total. The minimum atomic E-state index is -0.125. The summed E-state index contributed by atoms with van der Waals surface area (Å²) in [5.74, 6) is 1.34. The highest BCUT2D eigenvalue weighted by Gasteiger charge is 2.14. The first-order valence-electron chi connectivity index (χ1n) is 8.88. The molecule has 5 heteroatoms. The summed E-state index contributed by atoms with van der Waals surface area (Å²) < 4.78 is 11.2. The van der Waals surface area contributed by atoms with E-state index in [4.69, 9.17) is 9.47 Å². The molecule has 0 aliphatic carbocycles. The molecule has 0 atom stereocenters. The van der Waals surface area contributed by atoms with Gasteiger partial charge in [-0.3, -0.25) is 4.79 Å². The zero-order valence-electron chi connectivity index (χ0n) is 15.5. The Morgan fingerprint density at radius 1 is 1.08 bits per heavy atom.